The normalized spacial score (nSPS) is 12.7. The molecule has 0 atom stereocenters. The molecule has 0 amide bonds. The molecule has 3 heteroatoms. The van der Waals surface area contributed by atoms with Crippen molar-refractivity contribution in [1.29, 1.82) is 0 Å². The number of hydrogen-bond donors (Lipinski definition) is 0. The second kappa shape index (κ2) is 6.88. The van der Waals surface area contributed by atoms with Crippen LogP contribution in [0.1, 0.15) is 25.0 Å². The van der Waals surface area contributed by atoms with Crippen LogP contribution in [0, 0.1) is 12.3 Å². The molecular weight excluding hydrogens is 394 g/mol. The average Bonchev–Trinajstić information content (AvgIpc) is 2.62. The fourth-order valence-electron chi connectivity index (χ4n) is 1.51. The molecule has 0 saturated heterocycles. The Kier molecular flexibility index (Phi) is 6.18. The number of halogens is 2. The fourth-order valence-corrected chi connectivity index (χ4v) is 1.51. The zero-order valence-electron chi connectivity index (χ0n) is 8.80. The monoisotopic (exact) mass is 407 g/mol. The molecule has 0 saturated carbocycles. The molecule has 0 spiro atoms. The summed E-state index contributed by atoms with van der Waals surface area (Å²) in [7, 11) is 9.92. The van der Waals surface area contributed by atoms with Gasteiger partial charge >= 0.3 is 37.7 Å². The van der Waals surface area contributed by atoms with Crippen molar-refractivity contribution in [2.24, 2.45) is 5.92 Å². The second-order valence-electron chi connectivity index (χ2n) is 3.64. The Morgan fingerprint density at radius 3 is 2.07 bits per heavy atom. The van der Waals surface area contributed by atoms with E-state index < -0.39 is 20.5 Å². The summed E-state index contributed by atoms with van der Waals surface area (Å²) in [5, 5.41) is 0. The summed E-state index contributed by atoms with van der Waals surface area (Å²) < 4.78 is 0. The Morgan fingerprint density at radius 1 is 1.07 bits per heavy atom. The summed E-state index contributed by atoms with van der Waals surface area (Å²) in [4.78, 5) is 0. The number of fused-ring (bicyclic) bond motifs is 1. The van der Waals surface area contributed by atoms with Crippen molar-refractivity contribution >= 4 is 23.2 Å². The fraction of sp³-hybridized carbons (Fsp3) is 0.250. The van der Waals surface area contributed by atoms with Crippen molar-refractivity contribution in [3.05, 3.63) is 47.4 Å². The van der Waals surface area contributed by atoms with E-state index in [0.717, 1.165) is 0 Å². The van der Waals surface area contributed by atoms with Gasteiger partial charge in [0, 0.05) is 6.42 Å². The number of benzene rings is 1. The Hall–Kier alpha value is 0.410. The Balaban J connectivity index is 0.000000337. The van der Waals surface area contributed by atoms with E-state index in [1.165, 1.54) is 16.7 Å². The Morgan fingerprint density at radius 2 is 1.60 bits per heavy atom. The minimum absolute atomic E-state index is 0.636. The minimum atomic E-state index is -0.972. The molecular formula is C12H13Cl2Hf. The Bertz CT molecular complexity index is 345. The van der Waals surface area contributed by atoms with Gasteiger partial charge in [-0.1, -0.05) is 49.8 Å². The molecule has 1 aromatic carbocycles. The molecule has 15 heavy (non-hydrogen) atoms. The summed E-state index contributed by atoms with van der Waals surface area (Å²) in [6, 6.07) is 8.52. The summed E-state index contributed by atoms with van der Waals surface area (Å²) in [6.45, 7) is 4.46. The standard InChI is InChI=1S/C12H13.2ClH.Hf/c1-9(2)12-7-10-5-3-4-6-11(10)8-12;;;/h3-9H,1-2H3;2*1H;/q;;;+2/p-2. The van der Waals surface area contributed by atoms with E-state index in [9.17, 15) is 0 Å². The zero-order chi connectivity index (χ0) is 11.3. The molecule has 0 fully saturated rings. The van der Waals surface area contributed by atoms with E-state index in [1.54, 1.807) is 0 Å². The van der Waals surface area contributed by atoms with E-state index in [-0.39, 0.29) is 0 Å². The SMILES string of the molecule is CC(C)C1=Cc2ccccc2[CH]1.[Cl][Hf][Cl]. The third kappa shape index (κ3) is 4.05. The zero-order valence-corrected chi connectivity index (χ0v) is 13.9. The van der Waals surface area contributed by atoms with Crippen LogP contribution in [0.4, 0.5) is 0 Å². The Labute approximate surface area is 110 Å². The van der Waals surface area contributed by atoms with Crippen LogP contribution >= 0.6 is 17.2 Å². The van der Waals surface area contributed by atoms with Crippen LogP contribution in [0.3, 0.4) is 0 Å². The van der Waals surface area contributed by atoms with Gasteiger partial charge in [-0.15, -0.1) is 0 Å². The van der Waals surface area contributed by atoms with Crippen molar-refractivity contribution in [2.75, 3.05) is 0 Å². The van der Waals surface area contributed by atoms with Crippen molar-refractivity contribution in [3.8, 4) is 0 Å². The van der Waals surface area contributed by atoms with E-state index in [1.807, 2.05) is 0 Å². The van der Waals surface area contributed by atoms with Crippen LogP contribution in [-0.2, 0) is 20.5 Å². The molecule has 0 heterocycles. The van der Waals surface area contributed by atoms with Crippen LogP contribution < -0.4 is 0 Å². The third-order valence-electron chi connectivity index (χ3n) is 2.31. The molecule has 0 bridgehead atoms. The summed E-state index contributed by atoms with van der Waals surface area (Å²) in [6.07, 6.45) is 4.56. The first-order chi connectivity index (χ1) is 7.19. The van der Waals surface area contributed by atoms with Crippen LogP contribution in [0.25, 0.3) is 6.08 Å². The molecule has 0 nitrogen and oxygen atoms in total. The van der Waals surface area contributed by atoms with Crippen molar-refractivity contribution < 1.29 is 20.5 Å². The topological polar surface area (TPSA) is 0 Å². The summed E-state index contributed by atoms with van der Waals surface area (Å²) in [5.41, 5.74) is 4.17. The molecule has 0 aromatic heterocycles. The second-order valence-corrected chi connectivity index (χ2v) is 8.83. The van der Waals surface area contributed by atoms with Crippen molar-refractivity contribution in [1.82, 2.24) is 0 Å². The first kappa shape index (κ1) is 13.5. The number of rotatable bonds is 1. The average molecular weight is 407 g/mol. The van der Waals surface area contributed by atoms with Gasteiger partial charge in [0.15, 0.2) is 0 Å². The maximum absolute atomic E-state index is 4.96. The van der Waals surface area contributed by atoms with E-state index in [2.05, 4.69) is 50.6 Å². The molecule has 1 aliphatic carbocycles. The van der Waals surface area contributed by atoms with Gasteiger partial charge < -0.3 is 0 Å². The van der Waals surface area contributed by atoms with E-state index in [0.29, 0.717) is 5.92 Å². The first-order valence-corrected chi connectivity index (χ1v) is 13.7. The van der Waals surface area contributed by atoms with E-state index in [4.69, 9.17) is 17.2 Å². The van der Waals surface area contributed by atoms with Crippen LogP contribution in [0.2, 0.25) is 0 Å². The predicted octanol–water partition coefficient (Wildman–Crippen LogP) is 4.67. The molecule has 2 rings (SSSR count). The van der Waals surface area contributed by atoms with Gasteiger partial charge in [0.2, 0.25) is 0 Å². The van der Waals surface area contributed by atoms with Gasteiger partial charge in [-0.3, -0.25) is 0 Å². The number of hydrogen-bond acceptors (Lipinski definition) is 0. The van der Waals surface area contributed by atoms with Gasteiger partial charge in [0.05, 0.1) is 0 Å². The summed E-state index contributed by atoms with van der Waals surface area (Å²) in [5.74, 6) is 0.636. The summed E-state index contributed by atoms with van der Waals surface area (Å²) >= 11 is -0.972. The predicted molar refractivity (Wildman–Crippen MR) is 64.4 cm³/mol. The molecule has 0 N–H and O–H groups in total. The van der Waals surface area contributed by atoms with Gasteiger partial charge in [-0.05, 0) is 17.0 Å². The van der Waals surface area contributed by atoms with Gasteiger partial charge in [-0.25, -0.2) is 0 Å². The molecule has 1 aromatic rings. The molecule has 1 aliphatic rings. The van der Waals surface area contributed by atoms with Gasteiger partial charge in [-0.2, -0.15) is 0 Å². The van der Waals surface area contributed by atoms with Crippen molar-refractivity contribution in [3.63, 3.8) is 0 Å². The number of allylic oxidation sites excluding steroid dienone is 1. The van der Waals surface area contributed by atoms with E-state index >= 15 is 0 Å². The first-order valence-electron chi connectivity index (χ1n) is 4.80. The van der Waals surface area contributed by atoms with Crippen LogP contribution in [0.5, 0.6) is 0 Å². The third-order valence-corrected chi connectivity index (χ3v) is 2.31. The van der Waals surface area contributed by atoms with Gasteiger partial charge in [0.25, 0.3) is 0 Å². The van der Waals surface area contributed by atoms with Crippen LogP contribution in [-0.4, -0.2) is 0 Å². The van der Waals surface area contributed by atoms with Crippen molar-refractivity contribution in [2.45, 2.75) is 13.8 Å². The molecule has 79 valence electrons. The molecule has 0 unspecified atom stereocenters. The molecule has 1 radical (unpaired) electrons. The van der Waals surface area contributed by atoms with Crippen LogP contribution in [0.15, 0.2) is 29.8 Å². The quantitative estimate of drug-likeness (QED) is 0.595. The maximum atomic E-state index is 4.96. The van der Waals surface area contributed by atoms with Gasteiger partial charge in [0.1, 0.15) is 0 Å². The molecule has 0 aliphatic heterocycles.